The van der Waals surface area contributed by atoms with Gasteiger partial charge in [0.15, 0.2) is 0 Å². The number of aromatic amines is 1. The van der Waals surface area contributed by atoms with Gasteiger partial charge >= 0.3 is 0 Å². The Labute approximate surface area is 117 Å². The maximum absolute atomic E-state index is 12.4. The number of rotatable bonds is 2. The highest BCUT2D eigenvalue weighted by atomic mass is 35.5. The number of nitrogens with zero attached hydrogens (tertiary/aromatic N) is 1. The second-order valence-corrected chi connectivity index (χ2v) is 5.98. The molecule has 0 unspecified atom stereocenters. The number of nitrogens with one attached hydrogen (secondary N) is 1. The number of benzene rings is 1. The predicted octanol–water partition coefficient (Wildman–Crippen LogP) is 2.58. The summed E-state index contributed by atoms with van der Waals surface area (Å²) in [5.41, 5.74) is 7.62. The Bertz CT molecular complexity index is 649. The number of hydrogen-bond donors (Lipinski definition) is 2. The third-order valence-corrected chi connectivity index (χ3v) is 3.24. The van der Waals surface area contributed by atoms with Crippen molar-refractivity contribution < 1.29 is 0 Å². The van der Waals surface area contributed by atoms with E-state index in [1.807, 2.05) is 32.9 Å². The van der Waals surface area contributed by atoms with Crippen molar-refractivity contribution in [1.82, 2.24) is 9.78 Å². The van der Waals surface area contributed by atoms with Gasteiger partial charge < -0.3 is 5.73 Å². The lowest BCUT2D eigenvalue weighted by molar-refractivity contribution is 0.554. The van der Waals surface area contributed by atoms with Crippen LogP contribution in [-0.4, -0.2) is 9.78 Å². The van der Waals surface area contributed by atoms with Gasteiger partial charge in [-0.05, 0) is 18.2 Å². The van der Waals surface area contributed by atoms with Gasteiger partial charge in [-0.15, -0.1) is 0 Å². The molecule has 102 valence electrons. The van der Waals surface area contributed by atoms with E-state index in [-0.39, 0.29) is 17.5 Å². The minimum absolute atomic E-state index is 0.116. The second kappa shape index (κ2) is 4.87. The Morgan fingerprint density at radius 3 is 2.53 bits per heavy atom. The molecule has 5 heteroatoms. The standard InChI is InChI=1S/C14H18ClN3O/c1-14(2,3)12-11(8-16)13(19)18(17-12)10-6-4-5-9(15)7-10/h4-7,17H,8,16H2,1-3H3. The van der Waals surface area contributed by atoms with E-state index in [0.717, 1.165) is 5.69 Å². The first-order valence-corrected chi connectivity index (χ1v) is 6.53. The van der Waals surface area contributed by atoms with Gasteiger partial charge in [-0.2, -0.15) is 0 Å². The van der Waals surface area contributed by atoms with E-state index >= 15 is 0 Å². The van der Waals surface area contributed by atoms with E-state index in [2.05, 4.69) is 5.10 Å². The van der Waals surface area contributed by atoms with Crippen LogP contribution in [0.15, 0.2) is 29.1 Å². The molecule has 0 saturated carbocycles. The van der Waals surface area contributed by atoms with Crippen LogP contribution in [0.25, 0.3) is 5.69 Å². The monoisotopic (exact) mass is 279 g/mol. The van der Waals surface area contributed by atoms with Gasteiger partial charge in [0, 0.05) is 22.7 Å². The predicted molar refractivity (Wildman–Crippen MR) is 78.0 cm³/mol. The van der Waals surface area contributed by atoms with Crippen LogP contribution in [0, 0.1) is 0 Å². The van der Waals surface area contributed by atoms with Crippen LogP contribution in [0.3, 0.4) is 0 Å². The normalized spacial score (nSPS) is 11.8. The molecule has 0 aliphatic heterocycles. The number of H-pyrrole nitrogens is 1. The van der Waals surface area contributed by atoms with Gasteiger partial charge in [-0.1, -0.05) is 38.4 Å². The molecule has 19 heavy (non-hydrogen) atoms. The number of nitrogens with two attached hydrogens (primary N) is 1. The van der Waals surface area contributed by atoms with Crippen molar-refractivity contribution >= 4 is 11.6 Å². The summed E-state index contributed by atoms with van der Waals surface area (Å²) in [5, 5.41) is 3.74. The fraction of sp³-hybridized carbons (Fsp3) is 0.357. The highest BCUT2D eigenvalue weighted by Crippen LogP contribution is 2.23. The van der Waals surface area contributed by atoms with Crippen molar-refractivity contribution in [2.75, 3.05) is 0 Å². The van der Waals surface area contributed by atoms with Crippen LogP contribution >= 0.6 is 11.6 Å². The quantitative estimate of drug-likeness (QED) is 0.887. The SMILES string of the molecule is CC(C)(C)c1[nH]n(-c2cccc(Cl)c2)c(=O)c1CN. The minimum Gasteiger partial charge on any atom is -0.326 e. The van der Waals surface area contributed by atoms with Crippen LogP contribution in [0.2, 0.25) is 5.02 Å². The summed E-state index contributed by atoms with van der Waals surface area (Å²) in [4.78, 5) is 12.4. The lowest BCUT2D eigenvalue weighted by Gasteiger charge is -2.17. The molecule has 1 aromatic carbocycles. The van der Waals surface area contributed by atoms with Gasteiger partial charge in [0.1, 0.15) is 0 Å². The Hall–Kier alpha value is -1.52. The van der Waals surface area contributed by atoms with Gasteiger partial charge in [0.05, 0.1) is 11.3 Å². The Morgan fingerprint density at radius 1 is 1.37 bits per heavy atom. The number of hydrogen-bond acceptors (Lipinski definition) is 2. The zero-order valence-corrected chi connectivity index (χ0v) is 12.1. The molecule has 0 amide bonds. The van der Waals surface area contributed by atoms with Crippen LogP contribution in [0.4, 0.5) is 0 Å². The van der Waals surface area contributed by atoms with Gasteiger partial charge in [-0.3, -0.25) is 9.89 Å². The van der Waals surface area contributed by atoms with Crippen molar-refractivity contribution in [2.24, 2.45) is 5.73 Å². The molecule has 0 spiro atoms. The van der Waals surface area contributed by atoms with E-state index in [9.17, 15) is 4.79 Å². The Morgan fingerprint density at radius 2 is 2.05 bits per heavy atom. The zero-order chi connectivity index (χ0) is 14.2. The van der Waals surface area contributed by atoms with Crippen LogP contribution in [0.1, 0.15) is 32.0 Å². The molecule has 2 rings (SSSR count). The summed E-state index contributed by atoms with van der Waals surface area (Å²) < 4.78 is 1.49. The molecule has 1 heterocycles. The smallest absolute Gasteiger partial charge is 0.275 e. The molecule has 0 saturated heterocycles. The lowest BCUT2D eigenvalue weighted by Crippen LogP contribution is -2.20. The third kappa shape index (κ3) is 2.60. The van der Waals surface area contributed by atoms with Crippen molar-refractivity contribution in [1.29, 1.82) is 0 Å². The Balaban J connectivity index is 2.67. The maximum atomic E-state index is 12.4. The first-order valence-electron chi connectivity index (χ1n) is 6.15. The lowest BCUT2D eigenvalue weighted by atomic mass is 9.89. The number of halogens is 1. The van der Waals surface area contributed by atoms with E-state index in [4.69, 9.17) is 17.3 Å². The average Bonchev–Trinajstić information content (AvgIpc) is 2.66. The molecule has 0 aliphatic rings. The van der Waals surface area contributed by atoms with Crippen molar-refractivity contribution in [3.8, 4) is 5.69 Å². The molecule has 4 nitrogen and oxygen atoms in total. The first-order chi connectivity index (χ1) is 8.84. The van der Waals surface area contributed by atoms with Gasteiger partial charge in [0.25, 0.3) is 5.56 Å². The zero-order valence-electron chi connectivity index (χ0n) is 11.3. The van der Waals surface area contributed by atoms with Crippen LogP contribution in [-0.2, 0) is 12.0 Å². The summed E-state index contributed by atoms with van der Waals surface area (Å²) in [6, 6.07) is 7.15. The molecule has 0 fully saturated rings. The fourth-order valence-corrected chi connectivity index (χ4v) is 2.26. The highest BCUT2D eigenvalue weighted by Gasteiger charge is 2.24. The molecular formula is C14H18ClN3O. The molecule has 0 bridgehead atoms. The summed E-state index contributed by atoms with van der Waals surface area (Å²) in [6.45, 7) is 6.34. The first kappa shape index (κ1) is 13.9. The van der Waals surface area contributed by atoms with Crippen molar-refractivity contribution in [3.63, 3.8) is 0 Å². The summed E-state index contributed by atoms with van der Waals surface area (Å²) in [7, 11) is 0. The van der Waals surface area contributed by atoms with E-state index in [0.29, 0.717) is 16.3 Å². The second-order valence-electron chi connectivity index (χ2n) is 5.54. The van der Waals surface area contributed by atoms with Gasteiger partial charge in [0.2, 0.25) is 0 Å². The molecule has 0 aliphatic carbocycles. The molecule has 0 atom stereocenters. The van der Waals surface area contributed by atoms with Crippen LogP contribution < -0.4 is 11.3 Å². The van der Waals surface area contributed by atoms with E-state index in [1.54, 1.807) is 12.1 Å². The largest absolute Gasteiger partial charge is 0.326 e. The topological polar surface area (TPSA) is 63.8 Å². The molecule has 3 N–H and O–H groups in total. The summed E-state index contributed by atoms with van der Waals surface area (Å²) >= 11 is 5.96. The molecule has 1 aromatic heterocycles. The average molecular weight is 280 g/mol. The van der Waals surface area contributed by atoms with E-state index < -0.39 is 0 Å². The summed E-state index contributed by atoms with van der Waals surface area (Å²) in [5.74, 6) is 0. The van der Waals surface area contributed by atoms with Gasteiger partial charge in [-0.25, -0.2) is 4.68 Å². The molecular weight excluding hydrogens is 262 g/mol. The summed E-state index contributed by atoms with van der Waals surface area (Å²) in [6.07, 6.45) is 0. The Kier molecular flexibility index (Phi) is 3.56. The molecule has 2 aromatic rings. The maximum Gasteiger partial charge on any atom is 0.275 e. The minimum atomic E-state index is -0.169. The third-order valence-electron chi connectivity index (χ3n) is 3.01. The van der Waals surface area contributed by atoms with Crippen molar-refractivity contribution in [3.05, 3.63) is 50.9 Å². The molecule has 0 radical (unpaired) electrons. The fourth-order valence-electron chi connectivity index (χ4n) is 2.08. The van der Waals surface area contributed by atoms with Crippen molar-refractivity contribution in [2.45, 2.75) is 32.7 Å². The highest BCUT2D eigenvalue weighted by molar-refractivity contribution is 6.30. The van der Waals surface area contributed by atoms with Crippen LogP contribution in [0.5, 0.6) is 0 Å². The number of aromatic nitrogens is 2. The van der Waals surface area contributed by atoms with E-state index in [1.165, 1.54) is 4.68 Å².